The van der Waals surface area contributed by atoms with E-state index in [-0.39, 0.29) is 11.6 Å². The molecule has 4 heteroatoms. The van der Waals surface area contributed by atoms with Gasteiger partial charge in [0, 0.05) is 18.0 Å². The Morgan fingerprint density at radius 2 is 2.17 bits per heavy atom. The first-order chi connectivity index (χ1) is 8.72. The molecule has 1 aromatic heterocycles. The van der Waals surface area contributed by atoms with Crippen LogP contribution in [0.3, 0.4) is 0 Å². The molecule has 0 bridgehead atoms. The van der Waals surface area contributed by atoms with Crippen LogP contribution < -0.4 is 4.74 Å². The lowest BCUT2D eigenvalue weighted by atomic mass is 10.1. The molecule has 92 valence electrons. The molecule has 1 heterocycles. The van der Waals surface area contributed by atoms with Crippen LogP contribution in [0.5, 0.6) is 5.75 Å². The summed E-state index contributed by atoms with van der Waals surface area (Å²) in [5.74, 6) is -0.140. The second-order valence-electron chi connectivity index (χ2n) is 3.78. The van der Waals surface area contributed by atoms with E-state index in [0.717, 1.165) is 11.3 Å². The SMILES string of the molecule is COc1cccc(C=C(C)c2cnccn2)c1F. The van der Waals surface area contributed by atoms with E-state index in [1.54, 1.807) is 42.9 Å². The maximum absolute atomic E-state index is 13.9. The maximum atomic E-state index is 13.9. The van der Waals surface area contributed by atoms with Crippen molar-refractivity contribution >= 4 is 11.6 Å². The summed E-state index contributed by atoms with van der Waals surface area (Å²) in [6, 6.07) is 5.03. The number of allylic oxidation sites excluding steroid dienone is 1. The second-order valence-corrected chi connectivity index (χ2v) is 3.78. The van der Waals surface area contributed by atoms with E-state index in [9.17, 15) is 4.39 Å². The van der Waals surface area contributed by atoms with Crippen molar-refractivity contribution < 1.29 is 9.13 Å². The minimum absolute atomic E-state index is 0.232. The number of hydrogen-bond donors (Lipinski definition) is 0. The molecule has 0 aliphatic heterocycles. The lowest BCUT2D eigenvalue weighted by Crippen LogP contribution is -1.92. The number of nitrogens with zero attached hydrogens (tertiary/aromatic N) is 2. The van der Waals surface area contributed by atoms with Crippen LogP contribution in [0.25, 0.3) is 11.6 Å². The zero-order valence-corrected chi connectivity index (χ0v) is 10.2. The molecule has 3 nitrogen and oxygen atoms in total. The summed E-state index contributed by atoms with van der Waals surface area (Å²) >= 11 is 0. The van der Waals surface area contributed by atoms with Crippen molar-refractivity contribution in [3.63, 3.8) is 0 Å². The summed E-state index contributed by atoms with van der Waals surface area (Å²) in [5, 5.41) is 0. The molecular formula is C14H13FN2O. The molecule has 0 unspecified atom stereocenters. The first-order valence-electron chi connectivity index (χ1n) is 5.49. The lowest BCUT2D eigenvalue weighted by molar-refractivity contribution is 0.386. The van der Waals surface area contributed by atoms with Gasteiger partial charge in [0.15, 0.2) is 11.6 Å². The Kier molecular flexibility index (Phi) is 3.67. The van der Waals surface area contributed by atoms with Crippen LogP contribution in [0.15, 0.2) is 36.8 Å². The fourth-order valence-corrected chi connectivity index (χ4v) is 1.61. The largest absolute Gasteiger partial charge is 0.494 e. The molecule has 0 atom stereocenters. The van der Waals surface area contributed by atoms with Crippen molar-refractivity contribution in [3.8, 4) is 5.75 Å². The van der Waals surface area contributed by atoms with Crippen molar-refractivity contribution in [2.24, 2.45) is 0 Å². The first kappa shape index (κ1) is 12.2. The fourth-order valence-electron chi connectivity index (χ4n) is 1.61. The number of benzene rings is 1. The molecule has 0 saturated carbocycles. The predicted molar refractivity (Wildman–Crippen MR) is 68.5 cm³/mol. The predicted octanol–water partition coefficient (Wildman–Crippen LogP) is 3.18. The van der Waals surface area contributed by atoms with Gasteiger partial charge in [-0.15, -0.1) is 0 Å². The summed E-state index contributed by atoms with van der Waals surface area (Å²) in [6.45, 7) is 1.86. The van der Waals surface area contributed by atoms with E-state index >= 15 is 0 Å². The molecular weight excluding hydrogens is 231 g/mol. The third-order valence-electron chi connectivity index (χ3n) is 2.55. The van der Waals surface area contributed by atoms with Crippen LogP contribution in [-0.4, -0.2) is 17.1 Å². The van der Waals surface area contributed by atoms with Crippen LogP contribution in [0.2, 0.25) is 0 Å². The topological polar surface area (TPSA) is 35.0 Å². The van der Waals surface area contributed by atoms with E-state index in [4.69, 9.17) is 4.74 Å². The average Bonchev–Trinajstić information content (AvgIpc) is 2.42. The molecule has 0 radical (unpaired) electrons. The molecule has 1 aromatic carbocycles. The van der Waals surface area contributed by atoms with Crippen LogP contribution in [0, 0.1) is 5.82 Å². The van der Waals surface area contributed by atoms with E-state index in [2.05, 4.69) is 9.97 Å². The van der Waals surface area contributed by atoms with Crippen LogP contribution >= 0.6 is 0 Å². The molecule has 0 amide bonds. The number of halogens is 1. The van der Waals surface area contributed by atoms with E-state index in [0.29, 0.717) is 5.56 Å². The molecule has 0 fully saturated rings. The van der Waals surface area contributed by atoms with Crippen molar-refractivity contribution in [1.82, 2.24) is 9.97 Å². The van der Waals surface area contributed by atoms with Crippen molar-refractivity contribution in [2.75, 3.05) is 7.11 Å². The number of aromatic nitrogens is 2. The quantitative estimate of drug-likeness (QED) is 0.831. The minimum atomic E-state index is -0.372. The van der Waals surface area contributed by atoms with Crippen molar-refractivity contribution in [3.05, 3.63) is 53.9 Å². The summed E-state index contributed by atoms with van der Waals surface area (Å²) < 4.78 is 18.9. The Morgan fingerprint density at radius 3 is 2.83 bits per heavy atom. The third kappa shape index (κ3) is 2.53. The molecule has 0 N–H and O–H groups in total. The normalized spacial score (nSPS) is 11.4. The number of ether oxygens (including phenoxy) is 1. The number of rotatable bonds is 3. The highest BCUT2D eigenvalue weighted by Crippen LogP contribution is 2.23. The fraction of sp³-hybridized carbons (Fsp3) is 0.143. The van der Waals surface area contributed by atoms with Crippen LogP contribution in [0.4, 0.5) is 4.39 Å². The first-order valence-corrected chi connectivity index (χ1v) is 5.49. The van der Waals surface area contributed by atoms with Gasteiger partial charge in [-0.05, 0) is 24.6 Å². The Morgan fingerprint density at radius 1 is 1.33 bits per heavy atom. The Bertz CT molecular complexity index is 567. The standard InChI is InChI=1S/C14H13FN2O/c1-10(12-9-16-6-7-17-12)8-11-4-3-5-13(18-2)14(11)15/h3-9H,1-2H3. The zero-order chi connectivity index (χ0) is 13.0. The van der Waals surface area contributed by atoms with Gasteiger partial charge in [-0.2, -0.15) is 0 Å². The Labute approximate surface area is 105 Å². The highest BCUT2D eigenvalue weighted by molar-refractivity contribution is 5.78. The van der Waals surface area contributed by atoms with Gasteiger partial charge < -0.3 is 4.74 Å². The van der Waals surface area contributed by atoms with E-state index in [1.165, 1.54) is 7.11 Å². The lowest BCUT2D eigenvalue weighted by Gasteiger charge is -2.05. The Hall–Kier alpha value is -2.23. The number of methoxy groups -OCH3 is 1. The van der Waals surface area contributed by atoms with Crippen LogP contribution in [0.1, 0.15) is 18.2 Å². The zero-order valence-electron chi connectivity index (χ0n) is 10.2. The summed E-state index contributed by atoms with van der Waals surface area (Å²) in [4.78, 5) is 8.14. The maximum Gasteiger partial charge on any atom is 0.172 e. The molecule has 2 rings (SSSR count). The van der Waals surface area contributed by atoms with E-state index < -0.39 is 0 Å². The summed E-state index contributed by atoms with van der Waals surface area (Å²) in [6.07, 6.45) is 6.57. The minimum Gasteiger partial charge on any atom is -0.494 e. The molecule has 0 spiro atoms. The highest BCUT2D eigenvalue weighted by Gasteiger charge is 2.07. The molecule has 0 aliphatic carbocycles. The highest BCUT2D eigenvalue weighted by atomic mass is 19.1. The average molecular weight is 244 g/mol. The van der Waals surface area contributed by atoms with Gasteiger partial charge in [0.05, 0.1) is 19.0 Å². The van der Waals surface area contributed by atoms with Gasteiger partial charge in [0.25, 0.3) is 0 Å². The van der Waals surface area contributed by atoms with Gasteiger partial charge in [-0.1, -0.05) is 12.1 Å². The van der Waals surface area contributed by atoms with E-state index in [1.807, 2.05) is 6.92 Å². The Balaban J connectivity index is 2.39. The van der Waals surface area contributed by atoms with Crippen molar-refractivity contribution in [1.29, 1.82) is 0 Å². The molecule has 18 heavy (non-hydrogen) atoms. The van der Waals surface area contributed by atoms with Gasteiger partial charge in [0.2, 0.25) is 0 Å². The van der Waals surface area contributed by atoms with Gasteiger partial charge >= 0.3 is 0 Å². The summed E-state index contributed by atoms with van der Waals surface area (Å²) in [7, 11) is 1.45. The molecule has 2 aromatic rings. The second kappa shape index (κ2) is 5.40. The van der Waals surface area contributed by atoms with Crippen molar-refractivity contribution in [2.45, 2.75) is 6.92 Å². The van der Waals surface area contributed by atoms with Gasteiger partial charge in [-0.3, -0.25) is 9.97 Å². The smallest absolute Gasteiger partial charge is 0.172 e. The van der Waals surface area contributed by atoms with Crippen LogP contribution in [-0.2, 0) is 0 Å². The molecule has 0 saturated heterocycles. The summed E-state index contributed by atoms with van der Waals surface area (Å²) in [5.41, 5.74) is 2.03. The monoisotopic (exact) mass is 244 g/mol. The van der Waals surface area contributed by atoms with Gasteiger partial charge in [0.1, 0.15) is 0 Å². The number of hydrogen-bond acceptors (Lipinski definition) is 3. The third-order valence-corrected chi connectivity index (χ3v) is 2.55. The van der Waals surface area contributed by atoms with Gasteiger partial charge in [-0.25, -0.2) is 4.39 Å². The molecule has 0 aliphatic rings.